The Hall–Kier alpha value is -2.77. The lowest BCUT2D eigenvalue weighted by molar-refractivity contribution is -0.137. The molecule has 0 radical (unpaired) electrons. The Morgan fingerprint density at radius 1 is 1.06 bits per heavy atom. The van der Waals surface area contributed by atoms with Gasteiger partial charge in [-0.2, -0.15) is 0 Å². The maximum absolute atomic E-state index is 12.9. The van der Waals surface area contributed by atoms with Crippen molar-refractivity contribution in [1.82, 2.24) is 5.16 Å². The van der Waals surface area contributed by atoms with E-state index in [1.54, 1.807) is 0 Å². The first kappa shape index (κ1) is 23.9. The van der Waals surface area contributed by atoms with E-state index in [4.69, 9.17) is 9.63 Å². The van der Waals surface area contributed by atoms with Gasteiger partial charge < -0.3 is 14.7 Å². The number of aromatic nitrogens is 1. The van der Waals surface area contributed by atoms with Crippen molar-refractivity contribution in [1.29, 1.82) is 0 Å². The molecule has 8 heteroatoms. The highest BCUT2D eigenvalue weighted by molar-refractivity contribution is 6.24. The van der Waals surface area contributed by atoms with E-state index in [1.165, 1.54) is 0 Å². The van der Waals surface area contributed by atoms with Gasteiger partial charge in [0.2, 0.25) is 0 Å². The van der Waals surface area contributed by atoms with Crippen LogP contribution in [-0.4, -0.2) is 45.2 Å². The molecular formula is C24H32N2O6. The smallest absolute Gasteiger partial charge is 0.303 e. The topological polar surface area (TPSA) is 130 Å². The van der Waals surface area contributed by atoms with Crippen molar-refractivity contribution < 1.29 is 29.1 Å². The summed E-state index contributed by atoms with van der Waals surface area (Å²) in [5.41, 5.74) is 1.75. The number of aryl methyl sites for hydroxylation is 2. The summed E-state index contributed by atoms with van der Waals surface area (Å²) < 4.78 is 5.31. The molecule has 174 valence electrons. The predicted molar refractivity (Wildman–Crippen MR) is 118 cm³/mol. The zero-order valence-electron chi connectivity index (χ0n) is 18.9. The predicted octanol–water partition coefficient (Wildman–Crippen LogP) is 4.41. The highest BCUT2D eigenvalue weighted by atomic mass is 16.5. The molecule has 0 spiro atoms. The van der Waals surface area contributed by atoms with Gasteiger partial charge in [0, 0.05) is 50.8 Å². The molecule has 2 aliphatic carbocycles. The SMILES string of the molecule is CC1(C)CC(=O)C(=C(O)CCc2noc3c2C(=O)CCC3)C(=NCCCCCC(=O)O)C1. The number of aliphatic carboxylic acids is 1. The Labute approximate surface area is 187 Å². The highest BCUT2D eigenvalue weighted by Gasteiger charge is 2.36. The van der Waals surface area contributed by atoms with E-state index >= 15 is 0 Å². The van der Waals surface area contributed by atoms with Gasteiger partial charge in [-0.15, -0.1) is 0 Å². The van der Waals surface area contributed by atoms with Gasteiger partial charge in [-0.3, -0.25) is 19.4 Å². The number of hydrogen-bond acceptors (Lipinski definition) is 7. The third-order valence-corrected chi connectivity index (χ3v) is 6.01. The lowest BCUT2D eigenvalue weighted by Crippen LogP contribution is -2.33. The van der Waals surface area contributed by atoms with Crippen molar-refractivity contribution in [2.75, 3.05) is 6.54 Å². The summed E-state index contributed by atoms with van der Waals surface area (Å²) in [6, 6.07) is 0. The molecule has 1 saturated carbocycles. The van der Waals surface area contributed by atoms with Crippen LogP contribution in [0.25, 0.3) is 0 Å². The maximum atomic E-state index is 12.9. The summed E-state index contributed by atoms with van der Waals surface area (Å²) in [4.78, 5) is 40.3. The van der Waals surface area contributed by atoms with Crippen LogP contribution in [0, 0.1) is 5.41 Å². The van der Waals surface area contributed by atoms with Crippen LogP contribution in [-0.2, 0) is 22.4 Å². The average Bonchev–Trinajstić information content (AvgIpc) is 3.12. The Morgan fingerprint density at radius 3 is 2.59 bits per heavy atom. The number of hydrogen-bond donors (Lipinski definition) is 2. The fraction of sp³-hybridized carbons (Fsp3) is 0.625. The number of aliphatic hydroxyl groups is 1. The van der Waals surface area contributed by atoms with E-state index in [0.29, 0.717) is 73.4 Å². The fourth-order valence-corrected chi connectivity index (χ4v) is 4.45. The van der Waals surface area contributed by atoms with E-state index < -0.39 is 5.97 Å². The van der Waals surface area contributed by atoms with Crippen LogP contribution >= 0.6 is 0 Å². The second-order valence-corrected chi connectivity index (χ2v) is 9.50. The highest BCUT2D eigenvalue weighted by Crippen LogP contribution is 2.36. The zero-order valence-corrected chi connectivity index (χ0v) is 18.9. The first-order valence-corrected chi connectivity index (χ1v) is 11.4. The molecule has 0 aliphatic heterocycles. The molecule has 0 unspecified atom stereocenters. The number of ketones is 2. The van der Waals surface area contributed by atoms with Gasteiger partial charge in [0.05, 0.1) is 16.8 Å². The summed E-state index contributed by atoms with van der Waals surface area (Å²) in [6.07, 6.45) is 5.57. The minimum atomic E-state index is -0.804. The molecule has 0 aromatic carbocycles. The Bertz CT molecular complexity index is 954. The first-order chi connectivity index (χ1) is 15.2. The number of Topliss-reactive ketones (excluding diaryl/α,β-unsaturated/α-hetero) is 2. The van der Waals surface area contributed by atoms with Gasteiger partial charge in [-0.1, -0.05) is 25.4 Å². The van der Waals surface area contributed by atoms with E-state index in [2.05, 4.69) is 10.1 Å². The minimum absolute atomic E-state index is 0.0184. The Kier molecular flexibility index (Phi) is 7.64. The summed E-state index contributed by atoms with van der Waals surface area (Å²) in [5, 5.41) is 23.6. The second-order valence-electron chi connectivity index (χ2n) is 9.50. The maximum Gasteiger partial charge on any atom is 0.303 e. The van der Waals surface area contributed by atoms with Crippen molar-refractivity contribution in [3.05, 3.63) is 28.3 Å². The number of fused-ring (bicyclic) bond motifs is 1. The van der Waals surface area contributed by atoms with E-state index in [0.717, 1.165) is 19.3 Å². The average molecular weight is 445 g/mol. The van der Waals surface area contributed by atoms with Gasteiger partial charge in [0.1, 0.15) is 11.5 Å². The van der Waals surface area contributed by atoms with Crippen LogP contribution in [0.2, 0.25) is 0 Å². The number of aliphatic imine (C=N–C) groups is 1. The second kappa shape index (κ2) is 10.2. The molecule has 0 atom stereocenters. The number of aliphatic hydroxyl groups excluding tert-OH is 1. The lowest BCUT2D eigenvalue weighted by Gasteiger charge is -2.31. The third-order valence-electron chi connectivity index (χ3n) is 6.01. The van der Waals surface area contributed by atoms with E-state index in [9.17, 15) is 19.5 Å². The van der Waals surface area contributed by atoms with Crippen LogP contribution < -0.4 is 0 Å². The van der Waals surface area contributed by atoms with Crippen LogP contribution in [0.3, 0.4) is 0 Å². The molecule has 2 N–H and O–H groups in total. The molecule has 0 bridgehead atoms. The van der Waals surface area contributed by atoms with Crippen LogP contribution in [0.1, 0.15) is 93.4 Å². The van der Waals surface area contributed by atoms with Gasteiger partial charge in [-0.25, -0.2) is 0 Å². The Morgan fingerprint density at radius 2 is 1.84 bits per heavy atom. The van der Waals surface area contributed by atoms with Crippen molar-refractivity contribution in [3.63, 3.8) is 0 Å². The molecule has 8 nitrogen and oxygen atoms in total. The number of carbonyl (C=O) groups is 3. The molecule has 3 rings (SSSR count). The molecule has 1 heterocycles. The summed E-state index contributed by atoms with van der Waals surface area (Å²) in [5.74, 6) is -0.308. The quantitative estimate of drug-likeness (QED) is 0.328. The number of carboxylic acids is 1. The molecule has 0 saturated heterocycles. The standard InChI is InChI=1S/C24H32N2O6/c1-24(2)13-16(25-12-5-3-4-9-21(30)31)22(19(29)14-24)18(28)11-10-15-23-17(27)7-6-8-20(23)32-26-15/h28H,3-14H2,1-2H3,(H,30,31). The van der Waals surface area contributed by atoms with Gasteiger partial charge in [0.15, 0.2) is 11.6 Å². The molecule has 1 aromatic rings. The number of rotatable bonds is 9. The molecule has 2 aliphatic rings. The van der Waals surface area contributed by atoms with Crippen LogP contribution in [0.15, 0.2) is 20.8 Å². The first-order valence-electron chi connectivity index (χ1n) is 11.4. The van der Waals surface area contributed by atoms with Crippen LogP contribution in [0.4, 0.5) is 0 Å². The number of allylic oxidation sites excluding steroid dienone is 2. The number of carboxylic acid groups (broad SMARTS) is 1. The Balaban J connectivity index is 1.72. The summed E-state index contributed by atoms with van der Waals surface area (Å²) in [7, 11) is 0. The van der Waals surface area contributed by atoms with Crippen molar-refractivity contribution in [2.45, 2.75) is 84.5 Å². The summed E-state index contributed by atoms with van der Waals surface area (Å²) >= 11 is 0. The lowest BCUT2D eigenvalue weighted by atomic mass is 9.73. The summed E-state index contributed by atoms with van der Waals surface area (Å²) in [6.45, 7) is 4.50. The molecule has 1 fully saturated rings. The molecule has 0 amide bonds. The molecule has 1 aromatic heterocycles. The number of unbranched alkanes of at least 4 members (excludes halogenated alkanes) is 2. The molecular weight excluding hydrogens is 412 g/mol. The van der Waals surface area contributed by atoms with Gasteiger partial charge in [-0.05, 0) is 31.1 Å². The minimum Gasteiger partial charge on any atom is -0.511 e. The van der Waals surface area contributed by atoms with Crippen molar-refractivity contribution in [2.24, 2.45) is 10.4 Å². The van der Waals surface area contributed by atoms with Gasteiger partial charge >= 0.3 is 5.97 Å². The fourth-order valence-electron chi connectivity index (χ4n) is 4.45. The number of carbonyl (C=O) groups excluding carboxylic acids is 2. The zero-order chi connectivity index (χ0) is 23.3. The van der Waals surface area contributed by atoms with Gasteiger partial charge in [0.25, 0.3) is 0 Å². The van der Waals surface area contributed by atoms with E-state index in [1.807, 2.05) is 13.8 Å². The third kappa shape index (κ3) is 5.93. The normalized spacial score (nSPS) is 21.0. The molecule has 32 heavy (non-hydrogen) atoms. The number of nitrogens with zero attached hydrogens (tertiary/aromatic N) is 2. The van der Waals surface area contributed by atoms with Crippen molar-refractivity contribution >= 4 is 23.2 Å². The van der Waals surface area contributed by atoms with Crippen LogP contribution in [0.5, 0.6) is 0 Å². The monoisotopic (exact) mass is 444 g/mol. The van der Waals surface area contributed by atoms with E-state index in [-0.39, 0.29) is 35.6 Å². The van der Waals surface area contributed by atoms with Crippen molar-refractivity contribution in [3.8, 4) is 0 Å². The largest absolute Gasteiger partial charge is 0.511 e.